The zero-order valence-electron chi connectivity index (χ0n) is 16.6. The summed E-state index contributed by atoms with van der Waals surface area (Å²) in [4.78, 5) is 23.2. The molecule has 0 spiro atoms. The summed E-state index contributed by atoms with van der Waals surface area (Å²) in [5.41, 5.74) is 0.244. The number of allylic oxidation sites excluding steroid dienone is 1. The first-order valence-electron chi connectivity index (χ1n) is 9.19. The molecule has 0 heterocycles. The van der Waals surface area contributed by atoms with E-state index >= 15 is 0 Å². The second-order valence-electron chi connectivity index (χ2n) is 7.40. The van der Waals surface area contributed by atoms with E-state index in [1.165, 1.54) is 18.2 Å². The van der Waals surface area contributed by atoms with Gasteiger partial charge >= 0.3 is 12.1 Å². The number of carboxylic acid groups (broad SMARTS) is 1. The summed E-state index contributed by atoms with van der Waals surface area (Å²) in [5, 5.41) is 20.9. The first-order valence-corrected chi connectivity index (χ1v) is 9.99. The molecule has 6 nitrogen and oxygen atoms in total. The Balaban J connectivity index is 2.23. The van der Waals surface area contributed by atoms with Crippen molar-refractivity contribution >= 4 is 33.7 Å². The fourth-order valence-electron chi connectivity index (χ4n) is 2.92. The fraction of sp³-hybridized carbons (Fsp3) is 0.273. The molecule has 1 atom stereocenters. The van der Waals surface area contributed by atoms with Gasteiger partial charge < -0.3 is 14.9 Å². The van der Waals surface area contributed by atoms with Crippen LogP contribution >= 0.6 is 15.9 Å². The molecule has 0 saturated heterocycles. The van der Waals surface area contributed by atoms with Gasteiger partial charge in [-0.1, -0.05) is 41.9 Å². The minimum absolute atomic E-state index is 0.378. The molecule has 2 rings (SSSR count). The maximum absolute atomic E-state index is 14.0. The normalized spacial score (nSPS) is 12.5. The highest BCUT2D eigenvalue weighted by Gasteiger charge is 2.34. The van der Waals surface area contributed by atoms with Crippen LogP contribution in [0.15, 0.2) is 59.1 Å². The molecule has 0 unspecified atom stereocenters. The molecule has 0 aliphatic carbocycles. The van der Waals surface area contributed by atoms with Crippen LogP contribution in [0.4, 0.5) is 14.9 Å². The number of phenols is 1. The lowest BCUT2D eigenvalue weighted by Gasteiger charge is -2.34. The van der Waals surface area contributed by atoms with Gasteiger partial charge in [-0.2, -0.15) is 0 Å². The highest BCUT2D eigenvalue weighted by molar-refractivity contribution is 9.10. The summed E-state index contributed by atoms with van der Waals surface area (Å²) >= 11 is 3.32. The van der Waals surface area contributed by atoms with Crippen LogP contribution in [-0.2, 0) is 9.53 Å². The molecule has 0 bridgehead atoms. The van der Waals surface area contributed by atoms with E-state index in [4.69, 9.17) is 9.84 Å². The Bertz CT molecular complexity index is 928. The third kappa shape index (κ3) is 6.88. The topological polar surface area (TPSA) is 95.9 Å². The zero-order valence-corrected chi connectivity index (χ0v) is 18.1. The number of nitrogens with one attached hydrogen (secondary N) is 1. The van der Waals surface area contributed by atoms with Crippen LogP contribution in [0.3, 0.4) is 0 Å². The van der Waals surface area contributed by atoms with E-state index in [0.29, 0.717) is 24.1 Å². The average Bonchev–Trinajstić information content (AvgIpc) is 2.67. The Hall–Kier alpha value is -2.87. The summed E-state index contributed by atoms with van der Waals surface area (Å²) in [6, 6.07) is 10.7. The van der Waals surface area contributed by atoms with Crippen molar-refractivity contribution in [1.29, 1.82) is 0 Å². The third-order valence-corrected chi connectivity index (χ3v) is 5.04. The third-order valence-electron chi connectivity index (χ3n) is 4.52. The molecule has 1 amide bonds. The number of ether oxygens (including phenoxy) is 1. The Morgan fingerprint density at radius 1 is 1.23 bits per heavy atom. The number of aliphatic carboxylic acids is 1. The van der Waals surface area contributed by atoms with Crippen LogP contribution in [-0.4, -0.2) is 22.3 Å². The Labute approximate surface area is 182 Å². The van der Waals surface area contributed by atoms with E-state index in [1.54, 1.807) is 24.3 Å². The number of benzene rings is 2. The number of carboxylic acids is 1. The molecule has 2 aromatic rings. The van der Waals surface area contributed by atoms with E-state index in [-0.39, 0.29) is 0 Å². The van der Waals surface area contributed by atoms with Gasteiger partial charge in [0.2, 0.25) is 0 Å². The molecule has 2 aromatic carbocycles. The van der Waals surface area contributed by atoms with Gasteiger partial charge in [0.05, 0.1) is 0 Å². The Kier molecular flexibility index (Phi) is 8.00. The zero-order chi connectivity index (χ0) is 22.3. The predicted octanol–water partition coefficient (Wildman–Crippen LogP) is 6.03. The first kappa shape index (κ1) is 23.4. The van der Waals surface area contributed by atoms with Gasteiger partial charge in [0.1, 0.15) is 6.10 Å². The maximum atomic E-state index is 14.0. The van der Waals surface area contributed by atoms with Crippen molar-refractivity contribution in [2.24, 2.45) is 5.41 Å². The molecule has 8 heteroatoms. The predicted molar refractivity (Wildman–Crippen MR) is 115 cm³/mol. The van der Waals surface area contributed by atoms with E-state index < -0.39 is 35.1 Å². The molecule has 30 heavy (non-hydrogen) atoms. The Morgan fingerprint density at radius 3 is 2.50 bits per heavy atom. The molecule has 160 valence electrons. The molecule has 0 aromatic heterocycles. The number of hydrogen-bond donors (Lipinski definition) is 3. The summed E-state index contributed by atoms with van der Waals surface area (Å²) in [5.74, 6) is -2.37. The maximum Gasteiger partial charge on any atom is 0.412 e. The molecular weight excluding hydrogens is 457 g/mol. The molecule has 0 radical (unpaired) electrons. The summed E-state index contributed by atoms with van der Waals surface area (Å²) in [6.07, 6.45) is 1.89. The van der Waals surface area contributed by atoms with Crippen molar-refractivity contribution in [2.45, 2.75) is 32.8 Å². The van der Waals surface area contributed by atoms with Crippen LogP contribution in [0, 0.1) is 11.2 Å². The van der Waals surface area contributed by atoms with E-state index in [9.17, 15) is 19.1 Å². The Morgan fingerprint density at radius 2 is 1.90 bits per heavy atom. The highest BCUT2D eigenvalue weighted by atomic mass is 79.9. The standard InChI is InChI=1S/C22H23BrFNO5/c1-22(2,12-4-3-5-19(27)28)20(14-6-11-18(26)17(24)13-14)30-21(29)25-16-9-7-15(23)8-10-16/h3,5-11,13,20,26H,4,12H2,1-2H3,(H,25,29)(H,27,28)/b5-3+/t20-/m0/s1. The monoisotopic (exact) mass is 479 g/mol. The number of carbonyl (C=O) groups is 2. The lowest BCUT2D eigenvalue weighted by atomic mass is 9.78. The van der Waals surface area contributed by atoms with Crippen LogP contribution in [0.5, 0.6) is 5.75 Å². The molecule has 0 aliphatic heterocycles. The SMILES string of the molecule is CC(C)(CC/C=C/C(=O)O)[C@@H](OC(=O)Nc1ccc(Br)cc1)c1ccc(O)c(F)c1. The van der Waals surface area contributed by atoms with Crippen LogP contribution in [0.25, 0.3) is 0 Å². The van der Waals surface area contributed by atoms with Crippen molar-refractivity contribution in [1.82, 2.24) is 0 Å². The van der Waals surface area contributed by atoms with Gasteiger partial charge in [-0.25, -0.2) is 14.0 Å². The number of carbonyl (C=O) groups excluding carboxylic acids is 1. The largest absolute Gasteiger partial charge is 0.505 e. The fourth-order valence-corrected chi connectivity index (χ4v) is 3.19. The van der Waals surface area contributed by atoms with Crippen LogP contribution in [0.1, 0.15) is 38.4 Å². The van der Waals surface area contributed by atoms with Crippen molar-refractivity contribution in [3.63, 3.8) is 0 Å². The number of halogens is 2. The van der Waals surface area contributed by atoms with Gasteiger partial charge in [-0.05, 0) is 54.8 Å². The first-order chi connectivity index (χ1) is 14.1. The second kappa shape index (κ2) is 10.2. The number of hydrogen-bond acceptors (Lipinski definition) is 4. The summed E-state index contributed by atoms with van der Waals surface area (Å²) < 4.78 is 20.5. The molecule has 0 fully saturated rings. The van der Waals surface area contributed by atoms with Crippen molar-refractivity contribution < 1.29 is 28.9 Å². The van der Waals surface area contributed by atoms with Crippen molar-refractivity contribution in [3.05, 3.63) is 70.5 Å². The number of amides is 1. The van der Waals surface area contributed by atoms with Crippen LogP contribution in [0.2, 0.25) is 0 Å². The van der Waals surface area contributed by atoms with Crippen LogP contribution < -0.4 is 5.32 Å². The van der Waals surface area contributed by atoms with Gasteiger partial charge in [0.15, 0.2) is 11.6 Å². The molecule has 0 saturated carbocycles. The molecule has 3 N–H and O–H groups in total. The lowest BCUT2D eigenvalue weighted by molar-refractivity contribution is -0.131. The van der Waals surface area contributed by atoms with Gasteiger partial charge in [-0.15, -0.1) is 0 Å². The molecule has 0 aliphatic rings. The van der Waals surface area contributed by atoms with Gasteiger partial charge in [-0.3, -0.25) is 5.32 Å². The lowest BCUT2D eigenvalue weighted by Crippen LogP contribution is -2.29. The van der Waals surface area contributed by atoms with Crippen molar-refractivity contribution in [2.75, 3.05) is 5.32 Å². The van der Waals surface area contributed by atoms with Gasteiger partial charge in [0.25, 0.3) is 0 Å². The molecular formula is C22H23BrFNO5. The number of rotatable bonds is 8. The summed E-state index contributed by atoms with van der Waals surface area (Å²) in [6.45, 7) is 3.67. The smallest absolute Gasteiger partial charge is 0.412 e. The number of aromatic hydroxyl groups is 1. The van der Waals surface area contributed by atoms with Gasteiger partial charge in [0, 0.05) is 21.7 Å². The average molecular weight is 480 g/mol. The quantitative estimate of drug-likeness (QED) is 0.401. The van der Waals surface area contributed by atoms with E-state index in [0.717, 1.165) is 16.6 Å². The number of anilines is 1. The minimum atomic E-state index is -1.05. The minimum Gasteiger partial charge on any atom is -0.505 e. The summed E-state index contributed by atoms with van der Waals surface area (Å²) in [7, 11) is 0. The highest BCUT2D eigenvalue weighted by Crippen LogP contribution is 2.41. The van der Waals surface area contributed by atoms with E-state index in [1.807, 2.05) is 13.8 Å². The van der Waals surface area contributed by atoms with E-state index in [2.05, 4.69) is 21.2 Å². The number of phenolic OH excluding ortho intramolecular Hbond substituents is 1. The van der Waals surface area contributed by atoms with Crippen molar-refractivity contribution in [3.8, 4) is 5.75 Å². The second-order valence-corrected chi connectivity index (χ2v) is 8.31.